The Labute approximate surface area is 153 Å². The fourth-order valence-electron chi connectivity index (χ4n) is 2.56. The first-order valence-electron chi connectivity index (χ1n) is 8.82. The van der Waals surface area contributed by atoms with E-state index in [1.54, 1.807) is 25.1 Å². The fourth-order valence-corrected chi connectivity index (χ4v) is 2.56. The third-order valence-electron chi connectivity index (χ3n) is 4.13. The summed E-state index contributed by atoms with van der Waals surface area (Å²) in [5.41, 5.74) is 1.68. The predicted molar refractivity (Wildman–Crippen MR) is 97.7 cm³/mol. The van der Waals surface area contributed by atoms with Gasteiger partial charge in [0, 0.05) is 11.6 Å². The molecule has 0 unspecified atom stereocenters. The summed E-state index contributed by atoms with van der Waals surface area (Å²) in [6.07, 6.45) is 0.131. The number of aryl methyl sites for hydroxylation is 1. The van der Waals surface area contributed by atoms with Crippen LogP contribution in [0.5, 0.6) is 5.75 Å². The molecular weight excluding hydrogens is 330 g/mol. The molecule has 1 aliphatic carbocycles. The van der Waals surface area contributed by atoms with E-state index in [4.69, 9.17) is 9.47 Å². The van der Waals surface area contributed by atoms with Crippen LogP contribution in [0.2, 0.25) is 0 Å². The van der Waals surface area contributed by atoms with Crippen molar-refractivity contribution in [3.8, 4) is 5.75 Å². The lowest BCUT2D eigenvalue weighted by atomic mass is 10.1. The van der Waals surface area contributed by atoms with Gasteiger partial charge in [0.25, 0.3) is 5.91 Å². The minimum absolute atomic E-state index is 0.188. The van der Waals surface area contributed by atoms with Crippen LogP contribution in [0.3, 0.4) is 0 Å². The molecule has 0 spiro atoms. The Morgan fingerprint density at radius 2 is 1.81 bits per heavy atom. The summed E-state index contributed by atoms with van der Waals surface area (Å²) in [5.74, 6) is -0.283. The monoisotopic (exact) mass is 353 g/mol. The van der Waals surface area contributed by atoms with Gasteiger partial charge in [-0.15, -0.1) is 0 Å². The maximum atomic E-state index is 12.5. The van der Waals surface area contributed by atoms with Gasteiger partial charge in [-0.2, -0.15) is 0 Å². The zero-order valence-corrected chi connectivity index (χ0v) is 15.0. The second kappa shape index (κ2) is 8.04. The summed E-state index contributed by atoms with van der Waals surface area (Å²) in [6, 6.07) is 16.7. The topological polar surface area (TPSA) is 64.6 Å². The zero-order chi connectivity index (χ0) is 18.5. The summed E-state index contributed by atoms with van der Waals surface area (Å²) in [7, 11) is 0. The van der Waals surface area contributed by atoms with Gasteiger partial charge in [0.1, 0.15) is 5.75 Å². The van der Waals surface area contributed by atoms with Gasteiger partial charge in [-0.25, -0.2) is 4.79 Å². The molecule has 1 fully saturated rings. The van der Waals surface area contributed by atoms with Gasteiger partial charge >= 0.3 is 5.97 Å². The van der Waals surface area contributed by atoms with Crippen LogP contribution in [0.1, 0.15) is 37.0 Å². The summed E-state index contributed by atoms with van der Waals surface area (Å²) in [4.78, 5) is 25.0. The summed E-state index contributed by atoms with van der Waals surface area (Å²) in [5, 5.41) is 2.90. The number of hydrogen-bond donors (Lipinski definition) is 1. The molecule has 3 rings (SSSR count). The number of benzene rings is 2. The molecular formula is C21H23NO4. The lowest BCUT2D eigenvalue weighted by molar-refractivity contribution is -0.162. The molecule has 1 N–H and O–H groups in total. The number of esters is 1. The van der Waals surface area contributed by atoms with Crippen LogP contribution in [0.15, 0.2) is 54.6 Å². The van der Waals surface area contributed by atoms with Gasteiger partial charge in [-0.3, -0.25) is 4.79 Å². The van der Waals surface area contributed by atoms with E-state index in [2.05, 4.69) is 5.32 Å². The Kier molecular flexibility index (Phi) is 5.56. The molecule has 0 saturated heterocycles. The molecule has 136 valence electrons. The van der Waals surface area contributed by atoms with Crippen LogP contribution in [0.25, 0.3) is 0 Å². The zero-order valence-electron chi connectivity index (χ0n) is 15.0. The highest BCUT2D eigenvalue weighted by Crippen LogP contribution is 2.24. The first kappa shape index (κ1) is 18.0. The first-order chi connectivity index (χ1) is 12.5. The van der Waals surface area contributed by atoms with Crippen LogP contribution in [0.4, 0.5) is 0 Å². The molecule has 0 bridgehead atoms. The van der Waals surface area contributed by atoms with E-state index < -0.39 is 18.2 Å². The van der Waals surface area contributed by atoms with Crippen molar-refractivity contribution < 1.29 is 19.1 Å². The van der Waals surface area contributed by atoms with Crippen molar-refractivity contribution >= 4 is 11.9 Å². The van der Waals surface area contributed by atoms with Gasteiger partial charge in [-0.1, -0.05) is 42.5 Å². The minimum atomic E-state index is -0.979. The Morgan fingerprint density at radius 3 is 2.46 bits per heavy atom. The maximum Gasteiger partial charge on any atom is 0.348 e. The molecule has 0 aromatic heterocycles. The number of amides is 1. The number of ether oxygens (including phenoxy) is 2. The Hall–Kier alpha value is -2.82. The van der Waals surface area contributed by atoms with E-state index in [-0.39, 0.29) is 11.9 Å². The van der Waals surface area contributed by atoms with Gasteiger partial charge < -0.3 is 14.8 Å². The lowest BCUT2D eigenvalue weighted by Crippen LogP contribution is -2.36. The van der Waals surface area contributed by atoms with Crippen molar-refractivity contribution in [1.82, 2.24) is 5.32 Å². The smallest absolute Gasteiger partial charge is 0.348 e. The molecule has 2 atom stereocenters. The second-order valence-electron chi connectivity index (χ2n) is 6.59. The summed E-state index contributed by atoms with van der Waals surface area (Å²) >= 11 is 0. The molecule has 5 nitrogen and oxygen atoms in total. The number of carbonyl (C=O) groups excluding carboxylic acids is 2. The van der Waals surface area contributed by atoms with Crippen LogP contribution >= 0.6 is 0 Å². The summed E-state index contributed by atoms with van der Waals surface area (Å²) in [6.45, 7) is 3.56. The molecule has 1 amide bonds. The molecule has 0 aliphatic heterocycles. The predicted octanol–water partition coefficient (Wildman–Crippen LogP) is 3.33. The Bertz CT molecular complexity index is 771. The van der Waals surface area contributed by atoms with E-state index in [0.717, 1.165) is 18.4 Å². The van der Waals surface area contributed by atoms with Crippen LogP contribution in [0, 0.1) is 6.92 Å². The highest BCUT2D eigenvalue weighted by atomic mass is 16.6. The standard InChI is InChI=1S/C21H23NO4/c1-14-7-6-10-18(13-14)25-15(2)21(24)26-19(16-8-4-3-5-9-16)20(23)22-17-11-12-17/h3-10,13,15,17,19H,11-12H2,1-2H3,(H,22,23)/t15-,19-/m1/s1. The maximum absolute atomic E-state index is 12.5. The molecule has 1 saturated carbocycles. The average molecular weight is 353 g/mol. The molecule has 2 aromatic carbocycles. The largest absolute Gasteiger partial charge is 0.479 e. The number of carbonyl (C=O) groups is 2. The highest BCUT2D eigenvalue weighted by Gasteiger charge is 2.32. The van der Waals surface area contributed by atoms with Gasteiger partial charge in [-0.05, 0) is 44.4 Å². The van der Waals surface area contributed by atoms with E-state index in [0.29, 0.717) is 11.3 Å². The molecule has 0 radical (unpaired) electrons. The summed E-state index contributed by atoms with van der Waals surface area (Å²) < 4.78 is 11.2. The van der Waals surface area contributed by atoms with Gasteiger partial charge in [0.05, 0.1) is 0 Å². The van der Waals surface area contributed by atoms with Crippen LogP contribution in [-0.2, 0) is 14.3 Å². The van der Waals surface area contributed by atoms with E-state index in [1.807, 2.05) is 43.3 Å². The Morgan fingerprint density at radius 1 is 1.08 bits per heavy atom. The van der Waals surface area contributed by atoms with Gasteiger partial charge in [0.2, 0.25) is 6.10 Å². The first-order valence-corrected chi connectivity index (χ1v) is 8.82. The quantitative estimate of drug-likeness (QED) is 0.776. The van der Waals surface area contributed by atoms with Crippen molar-refractivity contribution in [3.63, 3.8) is 0 Å². The lowest BCUT2D eigenvalue weighted by Gasteiger charge is -2.21. The van der Waals surface area contributed by atoms with Crippen LogP contribution in [-0.4, -0.2) is 24.0 Å². The third-order valence-corrected chi connectivity index (χ3v) is 4.13. The normalized spacial score (nSPS) is 15.6. The second-order valence-corrected chi connectivity index (χ2v) is 6.59. The number of hydrogen-bond acceptors (Lipinski definition) is 4. The van der Waals surface area contributed by atoms with Crippen LogP contribution < -0.4 is 10.1 Å². The third kappa shape index (κ3) is 4.85. The Balaban J connectivity index is 1.68. The van der Waals surface area contributed by atoms with Crippen molar-refractivity contribution in [1.29, 1.82) is 0 Å². The average Bonchev–Trinajstić information content (AvgIpc) is 3.44. The number of rotatable bonds is 7. The molecule has 2 aromatic rings. The highest BCUT2D eigenvalue weighted by molar-refractivity contribution is 5.86. The van der Waals surface area contributed by atoms with E-state index >= 15 is 0 Å². The van der Waals surface area contributed by atoms with Crippen molar-refractivity contribution in [2.75, 3.05) is 0 Å². The molecule has 26 heavy (non-hydrogen) atoms. The molecule has 0 heterocycles. The van der Waals surface area contributed by atoms with Crippen molar-refractivity contribution in [2.24, 2.45) is 0 Å². The number of nitrogens with one attached hydrogen (secondary N) is 1. The van der Waals surface area contributed by atoms with Crippen molar-refractivity contribution in [3.05, 3.63) is 65.7 Å². The minimum Gasteiger partial charge on any atom is -0.479 e. The molecule has 5 heteroatoms. The fraction of sp³-hybridized carbons (Fsp3) is 0.333. The van der Waals surface area contributed by atoms with Gasteiger partial charge in [0.15, 0.2) is 6.10 Å². The van der Waals surface area contributed by atoms with E-state index in [1.165, 1.54) is 0 Å². The SMILES string of the molecule is Cc1cccc(O[C@H](C)C(=O)O[C@@H](C(=O)NC2CC2)c2ccccc2)c1. The van der Waals surface area contributed by atoms with Crippen molar-refractivity contribution in [2.45, 2.75) is 44.9 Å². The van der Waals surface area contributed by atoms with E-state index in [9.17, 15) is 9.59 Å². The molecule has 1 aliphatic rings.